The minimum absolute atomic E-state index is 0.0706. The second kappa shape index (κ2) is 5.57. The third-order valence-corrected chi connectivity index (χ3v) is 3.55. The average molecular weight is 259 g/mol. The first-order valence-electron chi connectivity index (χ1n) is 6.74. The van der Waals surface area contributed by atoms with Gasteiger partial charge in [0.15, 0.2) is 11.5 Å². The summed E-state index contributed by atoms with van der Waals surface area (Å²) in [5.74, 6) is 0.533. The van der Waals surface area contributed by atoms with Crippen molar-refractivity contribution in [2.45, 2.75) is 33.1 Å². The van der Waals surface area contributed by atoms with Crippen LogP contribution in [-0.2, 0) is 0 Å². The summed E-state index contributed by atoms with van der Waals surface area (Å²) in [4.78, 5) is 12.1. The molecule has 102 valence electrons. The van der Waals surface area contributed by atoms with Gasteiger partial charge in [-0.1, -0.05) is 32.0 Å². The number of hydrogen-bond donors (Lipinski definition) is 1. The van der Waals surface area contributed by atoms with E-state index in [0.29, 0.717) is 18.7 Å². The number of rotatable bonds is 6. The van der Waals surface area contributed by atoms with Crippen LogP contribution >= 0.6 is 0 Å². The molecule has 3 heteroatoms. The zero-order valence-corrected chi connectivity index (χ0v) is 11.6. The fourth-order valence-corrected chi connectivity index (χ4v) is 2.21. The van der Waals surface area contributed by atoms with E-state index in [1.54, 1.807) is 0 Å². The Morgan fingerprint density at radius 1 is 1.26 bits per heavy atom. The van der Waals surface area contributed by atoms with E-state index in [9.17, 15) is 4.79 Å². The highest BCUT2D eigenvalue weighted by atomic mass is 16.3. The fourth-order valence-electron chi connectivity index (χ4n) is 2.21. The molecule has 2 rings (SSSR count). The van der Waals surface area contributed by atoms with Gasteiger partial charge in [-0.05, 0) is 36.9 Å². The minimum atomic E-state index is 0.0706. The molecular weight excluding hydrogens is 238 g/mol. The number of carbonyl (C=O) groups is 1. The Bertz CT molecular complexity index is 536. The van der Waals surface area contributed by atoms with Crippen LogP contribution in [0.3, 0.4) is 0 Å². The van der Waals surface area contributed by atoms with Crippen LogP contribution in [-0.4, -0.2) is 12.3 Å². The quantitative estimate of drug-likeness (QED) is 0.803. The topological polar surface area (TPSA) is 56.2 Å². The van der Waals surface area contributed by atoms with Crippen LogP contribution in [0.2, 0.25) is 0 Å². The van der Waals surface area contributed by atoms with E-state index in [1.807, 2.05) is 30.3 Å². The lowest BCUT2D eigenvalue weighted by Gasteiger charge is -2.22. The van der Waals surface area contributed by atoms with Gasteiger partial charge < -0.3 is 10.2 Å². The summed E-state index contributed by atoms with van der Waals surface area (Å²) in [6, 6.07) is 9.51. The van der Waals surface area contributed by atoms with Gasteiger partial charge in [-0.15, -0.1) is 0 Å². The summed E-state index contributed by atoms with van der Waals surface area (Å²) in [6.45, 7) is 4.95. The second-order valence-corrected chi connectivity index (χ2v) is 5.77. The molecule has 1 heterocycles. The van der Waals surface area contributed by atoms with Gasteiger partial charge in [0.2, 0.25) is 0 Å². The van der Waals surface area contributed by atoms with Crippen molar-refractivity contribution in [2.75, 3.05) is 6.54 Å². The monoisotopic (exact) mass is 259 g/mol. The maximum atomic E-state index is 12.1. The molecule has 0 atom stereocenters. The predicted octanol–water partition coefficient (Wildman–Crippen LogP) is 3.77. The molecule has 0 amide bonds. The number of para-hydroxylation sites is 1. The Hall–Kier alpha value is -1.61. The highest BCUT2D eigenvalue weighted by Gasteiger charge is 2.20. The van der Waals surface area contributed by atoms with Crippen LogP contribution in [0.1, 0.15) is 43.7 Å². The van der Waals surface area contributed by atoms with E-state index in [2.05, 4.69) is 13.8 Å². The van der Waals surface area contributed by atoms with Gasteiger partial charge in [-0.2, -0.15) is 0 Å². The van der Waals surface area contributed by atoms with Crippen LogP contribution in [0.15, 0.2) is 34.7 Å². The minimum Gasteiger partial charge on any atom is -0.453 e. The summed E-state index contributed by atoms with van der Waals surface area (Å²) in [5.41, 5.74) is 6.46. The van der Waals surface area contributed by atoms with Crippen molar-refractivity contribution in [1.29, 1.82) is 0 Å². The zero-order valence-electron chi connectivity index (χ0n) is 11.6. The van der Waals surface area contributed by atoms with Gasteiger partial charge in [-0.25, -0.2) is 0 Å². The first kappa shape index (κ1) is 13.8. The smallest absolute Gasteiger partial charge is 0.198 e. The third kappa shape index (κ3) is 3.44. The first-order chi connectivity index (χ1) is 9.02. The van der Waals surface area contributed by atoms with Crippen molar-refractivity contribution >= 4 is 16.8 Å². The van der Waals surface area contributed by atoms with Crippen molar-refractivity contribution in [3.05, 3.63) is 36.1 Å². The van der Waals surface area contributed by atoms with E-state index in [4.69, 9.17) is 10.2 Å². The lowest BCUT2D eigenvalue weighted by molar-refractivity contribution is 0.0936. The van der Waals surface area contributed by atoms with Crippen molar-refractivity contribution in [3.63, 3.8) is 0 Å². The standard InChI is InChI=1S/C16H21NO2/c1-16(2,9-10-17)8-7-13(18)15-11-12-5-3-4-6-14(12)19-15/h3-6,11H,7-10,17H2,1-2H3. The van der Waals surface area contributed by atoms with Crippen LogP contribution < -0.4 is 5.73 Å². The maximum Gasteiger partial charge on any atom is 0.198 e. The Morgan fingerprint density at radius 3 is 2.68 bits per heavy atom. The summed E-state index contributed by atoms with van der Waals surface area (Å²) in [7, 11) is 0. The number of ketones is 1. The van der Waals surface area contributed by atoms with E-state index < -0.39 is 0 Å². The second-order valence-electron chi connectivity index (χ2n) is 5.77. The Labute approximate surface area is 113 Å². The summed E-state index contributed by atoms with van der Waals surface area (Å²) >= 11 is 0. The third-order valence-electron chi connectivity index (χ3n) is 3.55. The Kier molecular flexibility index (Phi) is 4.05. The van der Waals surface area contributed by atoms with Crippen molar-refractivity contribution in [3.8, 4) is 0 Å². The molecule has 0 aliphatic carbocycles. The summed E-state index contributed by atoms with van der Waals surface area (Å²) < 4.78 is 5.58. The Balaban J connectivity index is 2.04. The number of fused-ring (bicyclic) bond motifs is 1. The summed E-state index contributed by atoms with van der Waals surface area (Å²) in [5, 5.41) is 0.979. The highest BCUT2D eigenvalue weighted by molar-refractivity contribution is 5.97. The lowest BCUT2D eigenvalue weighted by atomic mass is 9.83. The van der Waals surface area contributed by atoms with E-state index in [0.717, 1.165) is 23.8 Å². The number of benzene rings is 1. The number of Topliss-reactive ketones (excluding diaryl/α,β-unsaturated/α-hetero) is 1. The normalized spacial score (nSPS) is 11.9. The van der Waals surface area contributed by atoms with Crippen LogP contribution in [0.5, 0.6) is 0 Å². The SMILES string of the molecule is CC(C)(CCN)CCC(=O)c1cc2ccccc2o1. The Morgan fingerprint density at radius 2 is 2.00 bits per heavy atom. The molecule has 2 N–H and O–H groups in total. The molecule has 0 unspecified atom stereocenters. The zero-order chi connectivity index (χ0) is 13.9. The van der Waals surface area contributed by atoms with E-state index in [-0.39, 0.29) is 11.2 Å². The molecule has 0 spiro atoms. The van der Waals surface area contributed by atoms with Gasteiger partial charge >= 0.3 is 0 Å². The van der Waals surface area contributed by atoms with Crippen molar-refractivity contribution in [1.82, 2.24) is 0 Å². The molecule has 0 saturated heterocycles. The highest BCUT2D eigenvalue weighted by Crippen LogP contribution is 2.28. The molecular formula is C16H21NO2. The predicted molar refractivity (Wildman–Crippen MR) is 77.2 cm³/mol. The molecule has 19 heavy (non-hydrogen) atoms. The van der Waals surface area contributed by atoms with E-state index in [1.165, 1.54) is 0 Å². The molecule has 0 bridgehead atoms. The first-order valence-corrected chi connectivity index (χ1v) is 6.74. The molecule has 1 aromatic carbocycles. The molecule has 1 aromatic heterocycles. The fraction of sp³-hybridized carbons (Fsp3) is 0.438. The van der Waals surface area contributed by atoms with Gasteiger partial charge in [0, 0.05) is 11.8 Å². The van der Waals surface area contributed by atoms with Crippen LogP contribution in [0.4, 0.5) is 0 Å². The summed E-state index contributed by atoms with van der Waals surface area (Å²) in [6.07, 6.45) is 2.27. The van der Waals surface area contributed by atoms with Gasteiger partial charge in [0.1, 0.15) is 5.58 Å². The van der Waals surface area contributed by atoms with Crippen molar-refractivity contribution < 1.29 is 9.21 Å². The van der Waals surface area contributed by atoms with Gasteiger partial charge in [-0.3, -0.25) is 4.79 Å². The molecule has 0 aliphatic heterocycles. The number of nitrogens with two attached hydrogens (primary N) is 1. The van der Waals surface area contributed by atoms with Crippen LogP contribution in [0, 0.1) is 5.41 Å². The van der Waals surface area contributed by atoms with E-state index >= 15 is 0 Å². The van der Waals surface area contributed by atoms with Crippen LogP contribution in [0.25, 0.3) is 11.0 Å². The molecule has 0 fully saturated rings. The number of hydrogen-bond acceptors (Lipinski definition) is 3. The maximum absolute atomic E-state index is 12.1. The average Bonchev–Trinajstić information content (AvgIpc) is 2.79. The van der Waals surface area contributed by atoms with Gasteiger partial charge in [0.05, 0.1) is 0 Å². The molecule has 2 aromatic rings. The lowest BCUT2D eigenvalue weighted by Crippen LogP contribution is -2.18. The van der Waals surface area contributed by atoms with Crippen molar-refractivity contribution in [2.24, 2.45) is 11.1 Å². The number of furan rings is 1. The largest absolute Gasteiger partial charge is 0.453 e. The van der Waals surface area contributed by atoms with Gasteiger partial charge in [0.25, 0.3) is 0 Å². The molecule has 0 radical (unpaired) electrons. The molecule has 0 saturated carbocycles. The molecule has 3 nitrogen and oxygen atoms in total. The number of carbonyl (C=O) groups excluding carboxylic acids is 1. The molecule has 0 aliphatic rings.